The van der Waals surface area contributed by atoms with Crippen molar-refractivity contribution in [1.82, 2.24) is 5.32 Å². The molecule has 4 nitrogen and oxygen atoms in total. The lowest BCUT2D eigenvalue weighted by Crippen LogP contribution is -2.57. The van der Waals surface area contributed by atoms with Crippen molar-refractivity contribution in [2.45, 2.75) is 57.7 Å². The molecule has 0 bridgehead atoms. The summed E-state index contributed by atoms with van der Waals surface area (Å²) < 4.78 is 6.58. The standard InChI is InChI=1S/C23H28N2O2S/c1-14-8-6-7-9-17(14)18-12-23(13-22(3,4)24-21(25-23)28-5)27-19-11-16(26)10-15(2)20(18)19/h6-11,18,26H,12-13H2,1-5H3,(H,24,25)/t18-,23+/m1/s1. The third kappa shape index (κ3) is 3.37. The number of nitrogens with one attached hydrogen (secondary N) is 1. The highest BCUT2D eigenvalue weighted by Gasteiger charge is 2.48. The van der Waals surface area contributed by atoms with Gasteiger partial charge >= 0.3 is 0 Å². The van der Waals surface area contributed by atoms with Crippen LogP contribution in [0.4, 0.5) is 0 Å². The summed E-state index contributed by atoms with van der Waals surface area (Å²) in [6, 6.07) is 12.1. The number of thioether (sulfide) groups is 1. The molecular weight excluding hydrogens is 368 g/mol. The quantitative estimate of drug-likeness (QED) is 0.703. The predicted molar refractivity (Wildman–Crippen MR) is 117 cm³/mol. The maximum absolute atomic E-state index is 10.2. The first-order valence-corrected chi connectivity index (χ1v) is 10.9. The molecule has 0 amide bonds. The number of phenols is 1. The van der Waals surface area contributed by atoms with Gasteiger partial charge in [-0.3, -0.25) is 0 Å². The van der Waals surface area contributed by atoms with Crippen LogP contribution < -0.4 is 10.1 Å². The third-order valence-electron chi connectivity index (χ3n) is 5.73. The number of amidine groups is 1. The van der Waals surface area contributed by atoms with Crippen LogP contribution in [0.1, 0.15) is 54.9 Å². The first kappa shape index (κ1) is 19.2. The first-order chi connectivity index (χ1) is 13.2. The summed E-state index contributed by atoms with van der Waals surface area (Å²) in [6.45, 7) is 8.59. The largest absolute Gasteiger partial charge is 0.508 e. The van der Waals surface area contributed by atoms with Crippen molar-refractivity contribution < 1.29 is 9.84 Å². The van der Waals surface area contributed by atoms with Crippen LogP contribution in [0.15, 0.2) is 41.4 Å². The molecule has 148 valence electrons. The van der Waals surface area contributed by atoms with E-state index in [2.05, 4.69) is 50.4 Å². The Morgan fingerprint density at radius 3 is 2.64 bits per heavy atom. The fraction of sp³-hybridized carbons (Fsp3) is 0.435. The molecule has 0 radical (unpaired) electrons. The summed E-state index contributed by atoms with van der Waals surface area (Å²) in [5.41, 5.74) is 4.02. The van der Waals surface area contributed by atoms with E-state index in [-0.39, 0.29) is 17.2 Å². The van der Waals surface area contributed by atoms with Crippen molar-refractivity contribution in [3.63, 3.8) is 0 Å². The minimum Gasteiger partial charge on any atom is -0.508 e. The Morgan fingerprint density at radius 1 is 1.18 bits per heavy atom. The summed E-state index contributed by atoms with van der Waals surface area (Å²) in [5, 5.41) is 14.6. The van der Waals surface area contributed by atoms with Crippen LogP contribution in [0.2, 0.25) is 0 Å². The molecule has 0 fully saturated rings. The van der Waals surface area contributed by atoms with E-state index in [0.717, 1.165) is 34.9 Å². The Labute approximate surface area is 171 Å². The van der Waals surface area contributed by atoms with Gasteiger partial charge in [0, 0.05) is 35.9 Å². The van der Waals surface area contributed by atoms with Gasteiger partial charge in [0.15, 0.2) is 5.17 Å². The molecule has 1 spiro atoms. The van der Waals surface area contributed by atoms with Gasteiger partial charge in [-0.05, 0) is 56.7 Å². The van der Waals surface area contributed by atoms with Crippen molar-refractivity contribution in [3.8, 4) is 11.5 Å². The molecule has 0 saturated carbocycles. The zero-order valence-electron chi connectivity index (χ0n) is 17.2. The zero-order chi connectivity index (χ0) is 20.1. The van der Waals surface area contributed by atoms with Crippen LogP contribution in [0, 0.1) is 13.8 Å². The third-order valence-corrected chi connectivity index (χ3v) is 6.31. The van der Waals surface area contributed by atoms with Gasteiger partial charge in [-0.2, -0.15) is 0 Å². The van der Waals surface area contributed by atoms with Crippen molar-refractivity contribution in [2.75, 3.05) is 6.26 Å². The molecular formula is C23H28N2O2S. The Kier molecular flexibility index (Phi) is 4.61. The second-order valence-corrected chi connectivity index (χ2v) is 9.44. The number of ether oxygens (including phenoxy) is 1. The van der Waals surface area contributed by atoms with Crippen LogP contribution in [0.25, 0.3) is 0 Å². The molecule has 2 aromatic rings. The highest BCUT2D eigenvalue weighted by atomic mass is 32.2. The van der Waals surface area contributed by atoms with Crippen molar-refractivity contribution in [3.05, 3.63) is 58.7 Å². The molecule has 0 saturated heterocycles. The fourth-order valence-electron chi connectivity index (χ4n) is 4.74. The van der Waals surface area contributed by atoms with Gasteiger partial charge in [-0.1, -0.05) is 36.0 Å². The number of phenolic OH excluding ortho intramolecular Hbond substituents is 1. The van der Waals surface area contributed by atoms with Crippen molar-refractivity contribution in [2.24, 2.45) is 4.99 Å². The van der Waals surface area contributed by atoms with Gasteiger partial charge < -0.3 is 15.2 Å². The number of nitrogens with zero attached hydrogens (tertiary/aromatic N) is 1. The SMILES string of the molecule is CSC1=N[C@]2(C[C@H](c3ccccc3C)c3c(C)cc(O)cc3O2)CC(C)(C)N1. The average Bonchev–Trinajstić information content (AvgIpc) is 2.59. The van der Waals surface area contributed by atoms with Crippen LogP contribution >= 0.6 is 11.8 Å². The van der Waals surface area contributed by atoms with E-state index in [9.17, 15) is 5.11 Å². The Hall–Kier alpha value is -2.14. The zero-order valence-corrected chi connectivity index (χ0v) is 18.0. The highest BCUT2D eigenvalue weighted by Crippen LogP contribution is 2.51. The van der Waals surface area contributed by atoms with E-state index >= 15 is 0 Å². The number of aliphatic imine (C=N–C) groups is 1. The molecule has 2 aromatic carbocycles. The molecule has 2 heterocycles. The Balaban J connectivity index is 1.92. The van der Waals surface area contributed by atoms with E-state index in [1.165, 1.54) is 11.1 Å². The average molecular weight is 397 g/mol. The van der Waals surface area contributed by atoms with Crippen LogP contribution in [0.3, 0.4) is 0 Å². The smallest absolute Gasteiger partial charge is 0.206 e. The summed E-state index contributed by atoms with van der Waals surface area (Å²) in [5.74, 6) is 1.16. The molecule has 0 aromatic heterocycles. The minimum absolute atomic E-state index is 0.125. The van der Waals surface area contributed by atoms with Crippen LogP contribution in [-0.4, -0.2) is 27.8 Å². The number of benzene rings is 2. The van der Waals surface area contributed by atoms with E-state index in [4.69, 9.17) is 9.73 Å². The maximum Gasteiger partial charge on any atom is 0.206 e. The maximum atomic E-state index is 10.2. The number of fused-ring (bicyclic) bond motifs is 1. The van der Waals surface area contributed by atoms with Crippen molar-refractivity contribution >= 4 is 16.9 Å². The van der Waals surface area contributed by atoms with Crippen molar-refractivity contribution in [1.29, 1.82) is 0 Å². The van der Waals surface area contributed by atoms with E-state index in [1.807, 2.05) is 19.2 Å². The fourth-order valence-corrected chi connectivity index (χ4v) is 5.38. The minimum atomic E-state index is -0.646. The molecule has 0 aliphatic carbocycles. The Bertz CT molecular complexity index is 954. The normalized spacial score (nSPS) is 25.5. The van der Waals surface area contributed by atoms with Gasteiger partial charge in [-0.25, -0.2) is 4.99 Å². The predicted octanol–water partition coefficient (Wildman–Crippen LogP) is 5.11. The monoisotopic (exact) mass is 396 g/mol. The van der Waals surface area contributed by atoms with Crippen LogP contribution in [-0.2, 0) is 0 Å². The lowest BCUT2D eigenvalue weighted by molar-refractivity contribution is 0.0131. The first-order valence-electron chi connectivity index (χ1n) is 9.72. The number of hydrogen-bond donors (Lipinski definition) is 2. The van der Waals surface area contributed by atoms with Crippen LogP contribution in [0.5, 0.6) is 11.5 Å². The second kappa shape index (κ2) is 6.73. The Morgan fingerprint density at radius 2 is 1.93 bits per heavy atom. The summed E-state index contributed by atoms with van der Waals surface area (Å²) >= 11 is 1.61. The molecule has 2 aliphatic heterocycles. The van der Waals surface area contributed by atoms with Gasteiger partial charge in [0.05, 0.1) is 0 Å². The molecule has 0 unspecified atom stereocenters. The molecule has 28 heavy (non-hydrogen) atoms. The lowest BCUT2D eigenvalue weighted by Gasteiger charge is -2.47. The summed E-state index contributed by atoms with van der Waals surface area (Å²) in [6.07, 6.45) is 3.58. The highest BCUT2D eigenvalue weighted by molar-refractivity contribution is 8.13. The molecule has 2 N–H and O–H groups in total. The topological polar surface area (TPSA) is 53.9 Å². The molecule has 2 atom stereocenters. The molecule has 4 rings (SSSR count). The molecule has 5 heteroatoms. The number of aryl methyl sites for hydroxylation is 2. The lowest BCUT2D eigenvalue weighted by atomic mass is 9.75. The molecule has 2 aliphatic rings. The summed E-state index contributed by atoms with van der Waals surface area (Å²) in [7, 11) is 0. The van der Waals surface area contributed by atoms with Gasteiger partial charge in [0.1, 0.15) is 11.5 Å². The van der Waals surface area contributed by atoms with Gasteiger partial charge in [0.25, 0.3) is 0 Å². The number of hydrogen-bond acceptors (Lipinski definition) is 5. The van der Waals surface area contributed by atoms with E-state index in [0.29, 0.717) is 0 Å². The van der Waals surface area contributed by atoms with E-state index in [1.54, 1.807) is 17.8 Å². The second-order valence-electron chi connectivity index (χ2n) is 8.64. The van der Waals surface area contributed by atoms with Gasteiger partial charge in [0.2, 0.25) is 5.72 Å². The van der Waals surface area contributed by atoms with Gasteiger partial charge in [-0.15, -0.1) is 0 Å². The number of aromatic hydroxyl groups is 1. The van der Waals surface area contributed by atoms with E-state index < -0.39 is 5.72 Å². The summed E-state index contributed by atoms with van der Waals surface area (Å²) in [4.78, 5) is 5.02. The number of rotatable bonds is 1.